The predicted molar refractivity (Wildman–Crippen MR) is 96.5 cm³/mol. The number of sulfonamides is 1. The second-order valence-corrected chi connectivity index (χ2v) is 8.07. The van der Waals surface area contributed by atoms with Gasteiger partial charge in [0.25, 0.3) is 0 Å². The topological polar surface area (TPSA) is 86.7 Å². The number of hydrogen-bond acceptors (Lipinski definition) is 4. The van der Waals surface area contributed by atoms with Gasteiger partial charge in [0.05, 0.1) is 11.0 Å². The fourth-order valence-corrected chi connectivity index (χ4v) is 3.84. The summed E-state index contributed by atoms with van der Waals surface area (Å²) in [5, 5.41) is 9.24. The fraction of sp³-hybridized carbons (Fsp3) is 0.500. The predicted octanol–water partition coefficient (Wildman–Crippen LogP) is 1.59. The van der Waals surface area contributed by atoms with Gasteiger partial charge < -0.3 is 10.0 Å². The van der Waals surface area contributed by atoms with E-state index in [1.165, 1.54) is 0 Å². The Morgan fingerprint density at radius 1 is 1.40 bits per heavy atom. The molecule has 0 radical (unpaired) electrons. The van der Waals surface area contributed by atoms with Crippen LogP contribution in [-0.2, 0) is 27.8 Å². The van der Waals surface area contributed by atoms with Gasteiger partial charge in [-0.2, -0.15) is 0 Å². The number of hydrogen-bond donors (Lipinski definition) is 2. The van der Waals surface area contributed by atoms with Crippen LogP contribution in [0.3, 0.4) is 0 Å². The van der Waals surface area contributed by atoms with E-state index in [9.17, 15) is 18.3 Å². The van der Waals surface area contributed by atoms with Gasteiger partial charge in [-0.1, -0.05) is 18.2 Å². The van der Waals surface area contributed by atoms with Crippen LogP contribution in [0.4, 0.5) is 0 Å². The smallest absolute Gasteiger partial charge is 0.240 e. The Morgan fingerprint density at radius 3 is 2.84 bits per heavy atom. The highest BCUT2D eigenvalue weighted by Crippen LogP contribution is 2.23. The van der Waals surface area contributed by atoms with Gasteiger partial charge in [-0.25, -0.2) is 13.1 Å². The molecule has 25 heavy (non-hydrogen) atoms. The van der Waals surface area contributed by atoms with Gasteiger partial charge in [-0.3, -0.25) is 4.79 Å². The molecular formula is C18H26N2O4S. The Morgan fingerprint density at radius 2 is 2.16 bits per heavy atom. The van der Waals surface area contributed by atoms with Crippen LogP contribution in [0, 0.1) is 0 Å². The second kappa shape index (κ2) is 8.60. The average molecular weight is 366 g/mol. The lowest BCUT2D eigenvalue weighted by Crippen LogP contribution is -2.35. The van der Waals surface area contributed by atoms with Gasteiger partial charge in [0.15, 0.2) is 0 Å². The van der Waals surface area contributed by atoms with Crippen molar-refractivity contribution in [3.05, 3.63) is 41.5 Å². The molecule has 2 rings (SSSR count). The molecule has 2 N–H and O–H groups in total. The van der Waals surface area contributed by atoms with Crippen LogP contribution in [0.1, 0.15) is 37.8 Å². The number of benzene rings is 1. The monoisotopic (exact) mass is 366 g/mol. The molecule has 1 aromatic carbocycles. The summed E-state index contributed by atoms with van der Waals surface area (Å²) in [6, 6.07) is 5.07. The van der Waals surface area contributed by atoms with E-state index in [0.29, 0.717) is 25.9 Å². The largest absolute Gasteiger partial charge is 0.393 e. The molecule has 1 amide bonds. The minimum atomic E-state index is -3.62. The van der Waals surface area contributed by atoms with Crippen LogP contribution in [0.5, 0.6) is 0 Å². The number of aliphatic hydroxyl groups excluding tert-OH is 1. The normalized spacial score (nSPS) is 16.0. The molecule has 7 heteroatoms. The molecule has 1 atom stereocenters. The van der Waals surface area contributed by atoms with Crippen LogP contribution in [0.15, 0.2) is 35.2 Å². The van der Waals surface area contributed by atoms with E-state index in [0.717, 1.165) is 17.5 Å². The maximum absolute atomic E-state index is 12.4. The molecule has 0 bridgehead atoms. The van der Waals surface area contributed by atoms with Crippen LogP contribution in [-0.4, -0.2) is 43.5 Å². The molecular weight excluding hydrogens is 340 g/mol. The molecule has 138 valence electrons. The Balaban J connectivity index is 2.12. The van der Waals surface area contributed by atoms with E-state index in [1.807, 2.05) is 25.1 Å². The molecule has 1 aliphatic heterocycles. The molecule has 0 aromatic heterocycles. The van der Waals surface area contributed by atoms with Crippen LogP contribution in [0.2, 0.25) is 0 Å². The zero-order valence-corrected chi connectivity index (χ0v) is 15.6. The first-order chi connectivity index (χ1) is 11.8. The quantitative estimate of drug-likeness (QED) is 0.718. The lowest BCUT2D eigenvalue weighted by molar-refractivity contribution is -0.131. The Kier molecular flexibility index (Phi) is 6.75. The third-order valence-electron chi connectivity index (χ3n) is 4.24. The lowest BCUT2D eigenvalue weighted by atomic mass is 9.99. The van der Waals surface area contributed by atoms with Crippen molar-refractivity contribution in [1.82, 2.24) is 9.62 Å². The summed E-state index contributed by atoms with van der Waals surface area (Å²) in [5.74, 6) is 0.0482. The number of allylic oxidation sites excluding steroid dienone is 1. The van der Waals surface area contributed by atoms with E-state index in [4.69, 9.17) is 0 Å². The average Bonchev–Trinajstić information content (AvgIpc) is 2.58. The van der Waals surface area contributed by atoms with E-state index in [1.54, 1.807) is 24.0 Å². The van der Waals surface area contributed by atoms with Crippen molar-refractivity contribution in [2.45, 2.75) is 50.7 Å². The number of amides is 1. The number of aliphatic hydroxyl groups is 1. The minimum Gasteiger partial charge on any atom is -0.393 e. The Bertz CT molecular complexity index is 741. The van der Waals surface area contributed by atoms with Crippen molar-refractivity contribution in [3.8, 4) is 0 Å². The van der Waals surface area contributed by atoms with E-state index >= 15 is 0 Å². The van der Waals surface area contributed by atoms with Gasteiger partial charge in [0.2, 0.25) is 15.9 Å². The lowest BCUT2D eigenvalue weighted by Gasteiger charge is -2.29. The van der Waals surface area contributed by atoms with Crippen molar-refractivity contribution in [2.75, 3.05) is 13.1 Å². The van der Waals surface area contributed by atoms with E-state index in [2.05, 4.69) is 4.72 Å². The number of carbonyl (C=O) groups excluding carboxylic acids is 1. The summed E-state index contributed by atoms with van der Waals surface area (Å²) in [7, 11) is -3.62. The molecule has 0 saturated carbocycles. The third kappa shape index (κ3) is 5.39. The molecule has 1 aromatic rings. The summed E-state index contributed by atoms with van der Waals surface area (Å²) in [6.07, 6.45) is 4.57. The molecule has 0 unspecified atom stereocenters. The number of nitrogens with zero attached hydrogens (tertiary/aromatic N) is 1. The van der Waals surface area contributed by atoms with E-state index < -0.39 is 16.1 Å². The van der Waals surface area contributed by atoms with Gasteiger partial charge in [-0.15, -0.1) is 0 Å². The van der Waals surface area contributed by atoms with Crippen molar-refractivity contribution < 1.29 is 18.3 Å². The number of fused-ring (bicyclic) bond motifs is 1. The van der Waals surface area contributed by atoms with Crippen LogP contribution >= 0.6 is 0 Å². The SMILES string of the molecule is C/C=C/CC(=O)N1CCc2ccc(S(=O)(=O)NCC[C@@H](C)O)cc2C1. The molecule has 0 aliphatic carbocycles. The molecule has 0 fully saturated rings. The van der Waals surface area contributed by atoms with Gasteiger partial charge in [0, 0.05) is 26.1 Å². The van der Waals surface area contributed by atoms with Crippen molar-refractivity contribution in [3.63, 3.8) is 0 Å². The van der Waals surface area contributed by atoms with Crippen LogP contribution < -0.4 is 4.72 Å². The summed E-state index contributed by atoms with van der Waals surface area (Å²) >= 11 is 0. The maximum atomic E-state index is 12.4. The first-order valence-corrected chi connectivity index (χ1v) is 10.00. The zero-order chi connectivity index (χ0) is 18.4. The van der Waals surface area contributed by atoms with Crippen molar-refractivity contribution >= 4 is 15.9 Å². The van der Waals surface area contributed by atoms with Crippen molar-refractivity contribution in [1.29, 1.82) is 0 Å². The van der Waals surface area contributed by atoms with Gasteiger partial charge in [0.1, 0.15) is 0 Å². The summed E-state index contributed by atoms with van der Waals surface area (Å²) < 4.78 is 27.2. The second-order valence-electron chi connectivity index (χ2n) is 6.30. The highest BCUT2D eigenvalue weighted by Gasteiger charge is 2.22. The minimum absolute atomic E-state index is 0.0482. The fourth-order valence-electron chi connectivity index (χ4n) is 2.75. The number of nitrogens with one attached hydrogen (secondary N) is 1. The highest BCUT2D eigenvalue weighted by molar-refractivity contribution is 7.89. The summed E-state index contributed by atoms with van der Waals surface area (Å²) in [6.45, 7) is 4.77. The first kappa shape index (κ1) is 19.6. The first-order valence-electron chi connectivity index (χ1n) is 8.52. The zero-order valence-electron chi connectivity index (χ0n) is 14.7. The molecule has 6 nitrogen and oxygen atoms in total. The molecule has 1 heterocycles. The Hall–Kier alpha value is -1.70. The van der Waals surface area contributed by atoms with Crippen LogP contribution in [0.25, 0.3) is 0 Å². The number of carbonyl (C=O) groups is 1. The summed E-state index contributed by atoms with van der Waals surface area (Å²) in [4.78, 5) is 14.1. The maximum Gasteiger partial charge on any atom is 0.240 e. The van der Waals surface area contributed by atoms with Gasteiger partial charge in [-0.05, 0) is 49.9 Å². The third-order valence-corrected chi connectivity index (χ3v) is 5.69. The number of rotatable bonds is 7. The van der Waals surface area contributed by atoms with Crippen molar-refractivity contribution in [2.24, 2.45) is 0 Å². The standard InChI is InChI=1S/C18H26N2O4S/c1-3-4-5-18(22)20-11-9-15-6-7-17(12-16(15)13-20)25(23,24)19-10-8-14(2)21/h3-4,6-7,12,14,19,21H,5,8-11,13H2,1-2H3/b4-3+/t14-/m1/s1. The Labute approximate surface area is 149 Å². The molecule has 0 saturated heterocycles. The molecule has 1 aliphatic rings. The summed E-state index contributed by atoms with van der Waals surface area (Å²) in [5.41, 5.74) is 1.96. The van der Waals surface area contributed by atoms with E-state index in [-0.39, 0.29) is 17.3 Å². The molecule has 0 spiro atoms. The van der Waals surface area contributed by atoms with Gasteiger partial charge >= 0.3 is 0 Å². The highest BCUT2D eigenvalue weighted by atomic mass is 32.2.